The molecule has 3 N–H and O–H groups in total. The van der Waals surface area contributed by atoms with Gasteiger partial charge in [0, 0.05) is 19.1 Å². The molecule has 2 heterocycles. The molecule has 1 fully saturated rings. The SMILES string of the molecule is CC(C)S(=O)(=O)c1ccccc1Nc1nc(NC2CCCN(CCCCCCCCCCCCCNC(=O)OC(C)(C)C)C2)ncc1Cl. The molecule has 48 heavy (non-hydrogen) atoms. The molecule has 1 unspecified atom stereocenters. The predicted molar refractivity (Wildman–Crippen MR) is 197 cm³/mol. The monoisotopic (exact) mass is 706 g/mol. The summed E-state index contributed by atoms with van der Waals surface area (Å²) in [7, 11) is -3.49. The first kappa shape index (κ1) is 39.8. The molecule has 0 saturated carbocycles. The Hall–Kier alpha value is -2.63. The van der Waals surface area contributed by atoms with Gasteiger partial charge in [-0.3, -0.25) is 0 Å². The van der Waals surface area contributed by atoms with Gasteiger partial charge in [-0.25, -0.2) is 18.2 Å². The highest BCUT2D eigenvalue weighted by Crippen LogP contribution is 2.30. The number of likely N-dealkylation sites (tertiary alicyclic amines) is 1. The lowest BCUT2D eigenvalue weighted by atomic mass is 10.0. The largest absolute Gasteiger partial charge is 0.444 e. The van der Waals surface area contributed by atoms with E-state index >= 15 is 0 Å². The highest BCUT2D eigenvalue weighted by atomic mass is 35.5. The molecular formula is C36H59ClN6O4S. The van der Waals surface area contributed by atoms with Crippen molar-refractivity contribution in [2.24, 2.45) is 0 Å². The zero-order chi connectivity index (χ0) is 35.0. The van der Waals surface area contributed by atoms with Crippen molar-refractivity contribution >= 4 is 45.0 Å². The summed E-state index contributed by atoms with van der Waals surface area (Å²) in [5.74, 6) is 0.853. The maximum Gasteiger partial charge on any atom is 0.407 e. The van der Waals surface area contributed by atoms with Gasteiger partial charge in [-0.15, -0.1) is 0 Å². The Kier molecular flexibility index (Phi) is 16.7. The minimum atomic E-state index is -3.49. The number of anilines is 3. The third-order valence-electron chi connectivity index (χ3n) is 8.47. The average molecular weight is 707 g/mol. The lowest BCUT2D eigenvalue weighted by Crippen LogP contribution is -2.42. The number of carbonyl (C=O) groups is 1. The van der Waals surface area contributed by atoms with Crippen LogP contribution in [-0.2, 0) is 14.6 Å². The van der Waals surface area contributed by atoms with Gasteiger partial charge in [0.25, 0.3) is 0 Å². The van der Waals surface area contributed by atoms with Gasteiger partial charge in [-0.2, -0.15) is 4.98 Å². The van der Waals surface area contributed by atoms with Gasteiger partial charge in [0.15, 0.2) is 15.7 Å². The summed E-state index contributed by atoms with van der Waals surface area (Å²) in [6, 6.07) is 7.07. The Morgan fingerprint density at radius 1 is 1.00 bits per heavy atom. The molecule has 0 bridgehead atoms. The van der Waals surface area contributed by atoms with Gasteiger partial charge >= 0.3 is 6.09 Å². The van der Waals surface area contributed by atoms with Gasteiger partial charge < -0.3 is 25.6 Å². The third-order valence-corrected chi connectivity index (χ3v) is 11.0. The normalized spacial score (nSPS) is 15.8. The molecule has 0 aliphatic carbocycles. The van der Waals surface area contributed by atoms with Crippen LogP contribution in [0.3, 0.4) is 0 Å². The van der Waals surface area contributed by atoms with Gasteiger partial charge in [-0.1, -0.05) is 81.5 Å². The molecule has 3 rings (SSSR count). The Bertz CT molecular complexity index is 1370. The van der Waals surface area contributed by atoms with E-state index in [1.54, 1.807) is 44.3 Å². The number of piperidine rings is 1. The Labute approximate surface area is 294 Å². The predicted octanol–water partition coefficient (Wildman–Crippen LogP) is 8.75. The molecule has 0 radical (unpaired) electrons. The van der Waals surface area contributed by atoms with E-state index in [1.165, 1.54) is 57.8 Å². The number of hydrogen-bond acceptors (Lipinski definition) is 9. The molecule has 1 saturated heterocycles. The van der Waals surface area contributed by atoms with E-state index in [0.717, 1.165) is 45.3 Å². The first-order valence-electron chi connectivity index (χ1n) is 17.9. The number of amides is 1. The van der Waals surface area contributed by atoms with E-state index in [1.807, 2.05) is 20.8 Å². The summed E-state index contributed by atoms with van der Waals surface area (Å²) >= 11 is 6.42. The van der Waals surface area contributed by atoms with Crippen LogP contribution in [0.1, 0.15) is 118 Å². The summed E-state index contributed by atoms with van der Waals surface area (Å²) in [6.07, 6.45) is 17.0. The summed E-state index contributed by atoms with van der Waals surface area (Å²) < 4.78 is 31.1. The zero-order valence-electron chi connectivity index (χ0n) is 29.8. The van der Waals surface area contributed by atoms with E-state index in [2.05, 4.69) is 30.8 Å². The number of unbranched alkanes of at least 4 members (excludes halogenated alkanes) is 10. The Morgan fingerprint density at radius 2 is 1.62 bits per heavy atom. The molecule has 1 aliphatic rings. The maximum absolute atomic E-state index is 12.9. The van der Waals surface area contributed by atoms with Crippen LogP contribution in [0.5, 0.6) is 0 Å². The fourth-order valence-corrected chi connectivity index (χ4v) is 7.18. The fraction of sp³-hybridized carbons (Fsp3) is 0.694. The second kappa shape index (κ2) is 20.1. The number of sulfone groups is 1. The van der Waals surface area contributed by atoms with Crippen LogP contribution in [0.25, 0.3) is 0 Å². The van der Waals surface area contributed by atoms with Gasteiger partial charge in [0.1, 0.15) is 10.6 Å². The quantitative estimate of drug-likeness (QED) is 0.116. The number of ether oxygens (including phenoxy) is 1. The van der Waals surface area contributed by atoms with Crippen molar-refractivity contribution in [3.63, 3.8) is 0 Å². The first-order chi connectivity index (χ1) is 22.8. The van der Waals surface area contributed by atoms with Crippen LogP contribution in [0.15, 0.2) is 35.4 Å². The number of benzene rings is 1. The van der Waals surface area contributed by atoms with Crippen molar-refractivity contribution in [3.8, 4) is 0 Å². The van der Waals surface area contributed by atoms with E-state index in [9.17, 15) is 13.2 Å². The highest BCUT2D eigenvalue weighted by molar-refractivity contribution is 7.92. The highest BCUT2D eigenvalue weighted by Gasteiger charge is 2.24. The summed E-state index contributed by atoms with van der Waals surface area (Å²) in [5, 5.41) is 9.23. The number of nitrogens with zero attached hydrogens (tertiary/aromatic N) is 3. The molecule has 1 atom stereocenters. The number of aromatic nitrogens is 2. The van der Waals surface area contributed by atoms with Crippen LogP contribution in [0.2, 0.25) is 5.02 Å². The van der Waals surface area contributed by atoms with Crippen LogP contribution in [-0.4, -0.2) is 72.5 Å². The number of halogens is 1. The molecule has 10 nitrogen and oxygen atoms in total. The van der Waals surface area contributed by atoms with Crippen LogP contribution < -0.4 is 16.0 Å². The van der Waals surface area contributed by atoms with Crippen LogP contribution in [0.4, 0.5) is 22.2 Å². The number of hydrogen-bond donors (Lipinski definition) is 3. The second-order valence-corrected chi connectivity index (χ2v) is 17.1. The number of para-hydroxylation sites is 1. The molecule has 1 amide bonds. The average Bonchev–Trinajstić information content (AvgIpc) is 3.02. The molecule has 1 aliphatic heterocycles. The van der Waals surface area contributed by atoms with E-state index < -0.39 is 20.7 Å². The molecule has 1 aromatic heterocycles. The molecule has 0 spiro atoms. The van der Waals surface area contributed by atoms with Gasteiger partial charge in [-0.05, 0) is 85.5 Å². The topological polar surface area (TPSA) is 126 Å². The standard InChI is InChI=1S/C36H59ClN6O4S/c1-28(2)48(45,46)32-22-16-15-21-31(32)41-33-30(37)26-39-34(42-33)40-29-20-19-25-43(27-29)24-18-14-12-10-8-6-7-9-11-13-17-23-38-35(44)47-36(3,4)5/h15-16,21-22,26,28-29H,6-14,17-20,23-25,27H2,1-5H3,(H,38,44)(H2,39,40,41,42). The van der Waals surface area contributed by atoms with Crippen molar-refractivity contribution in [3.05, 3.63) is 35.5 Å². The smallest absolute Gasteiger partial charge is 0.407 e. The van der Waals surface area contributed by atoms with Gasteiger partial charge in [0.05, 0.1) is 22.0 Å². The molecular weight excluding hydrogens is 648 g/mol. The van der Waals surface area contributed by atoms with Crippen molar-refractivity contribution in [2.45, 2.75) is 140 Å². The summed E-state index contributed by atoms with van der Waals surface area (Å²) in [6.45, 7) is 12.8. The number of nitrogens with one attached hydrogen (secondary N) is 3. The van der Waals surface area contributed by atoms with E-state index in [4.69, 9.17) is 16.3 Å². The van der Waals surface area contributed by atoms with Crippen molar-refractivity contribution < 1.29 is 17.9 Å². The van der Waals surface area contributed by atoms with Crippen LogP contribution >= 0.6 is 11.6 Å². The van der Waals surface area contributed by atoms with Crippen LogP contribution in [0, 0.1) is 0 Å². The zero-order valence-corrected chi connectivity index (χ0v) is 31.4. The van der Waals surface area contributed by atoms with Crippen molar-refractivity contribution in [1.29, 1.82) is 0 Å². The number of carbonyl (C=O) groups excluding carboxylic acids is 1. The molecule has 12 heteroatoms. The van der Waals surface area contributed by atoms with Crippen molar-refractivity contribution in [2.75, 3.05) is 36.8 Å². The Morgan fingerprint density at radius 3 is 2.27 bits per heavy atom. The molecule has 1 aromatic carbocycles. The summed E-state index contributed by atoms with van der Waals surface area (Å²) in [4.78, 5) is 23.4. The lowest BCUT2D eigenvalue weighted by Gasteiger charge is -2.33. The molecule has 270 valence electrons. The third kappa shape index (κ3) is 14.5. The van der Waals surface area contributed by atoms with E-state index in [-0.39, 0.29) is 17.0 Å². The lowest BCUT2D eigenvalue weighted by molar-refractivity contribution is 0.0527. The minimum Gasteiger partial charge on any atom is -0.444 e. The minimum absolute atomic E-state index is 0.224. The molecule has 2 aromatic rings. The summed E-state index contributed by atoms with van der Waals surface area (Å²) in [5.41, 5.74) is 0.0000226. The fourth-order valence-electron chi connectivity index (χ4n) is 5.84. The number of alkyl carbamates (subject to hydrolysis) is 1. The van der Waals surface area contributed by atoms with Crippen molar-refractivity contribution in [1.82, 2.24) is 20.2 Å². The van der Waals surface area contributed by atoms with E-state index in [0.29, 0.717) is 29.0 Å². The maximum atomic E-state index is 12.9. The Balaban J connectivity index is 1.28. The second-order valence-electron chi connectivity index (χ2n) is 14.2. The van der Waals surface area contributed by atoms with Gasteiger partial charge in [0.2, 0.25) is 5.95 Å². The number of rotatable bonds is 20. The first-order valence-corrected chi connectivity index (χ1v) is 19.9.